The van der Waals surface area contributed by atoms with Crippen LogP contribution >= 0.6 is 0 Å². The maximum Gasteiger partial charge on any atom is 0.422 e. The lowest BCUT2D eigenvalue weighted by atomic mass is 9.94. The van der Waals surface area contributed by atoms with E-state index in [1.807, 2.05) is 0 Å². The smallest absolute Gasteiger partial charge is 0.422 e. The van der Waals surface area contributed by atoms with E-state index in [0.29, 0.717) is 0 Å². The van der Waals surface area contributed by atoms with E-state index in [0.717, 1.165) is 36.9 Å². The number of rotatable bonds is 5. The number of halogens is 3. The summed E-state index contributed by atoms with van der Waals surface area (Å²) in [6.45, 7) is 1.79. The Morgan fingerprint density at radius 3 is 2.08 bits per heavy atom. The summed E-state index contributed by atoms with van der Waals surface area (Å²) in [4.78, 5) is 11.6. The molecule has 0 spiro atoms. The molecule has 2 atom stereocenters. The van der Waals surface area contributed by atoms with Crippen LogP contribution in [0.15, 0.2) is 53.4 Å². The maximum absolute atomic E-state index is 13.6. The highest BCUT2D eigenvalue weighted by molar-refractivity contribution is 7.85. The third-order valence-electron chi connectivity index (χ3n) is 3.88. The van der Waals surface area contributed by atoms with Gasteiger partial charge in [-0.3, -0.25) is 4.21 Å². The normalized spacial score (nSPS) is 15.2. The van der Waals surface area contributed by atoms with Crippen LogP contribution in [0.25, 0.3) is 0 Å². The van der Waals surface area contributed by atoms with Gasteiger partial charge >= 0.3 is 12.1 Å². The maximum atomic E-state index is 13.6. The minimum absolute atomic E-state index is 0.0421. The zero-order valence-corrected chi connectivity index (χ0v) is 14.9. The lowest BCUT2D eigenvalue weighted by Gasteiger charge is -2.30. The van der Waals surface area contributed by atoms with Crippen molar-refractivity contribution in [3.05, 3.63) is 65.2 Å². The number of carbonyl (C=O) groups excluding carboxylic acids is 1. The first kappa shape index (κ1) is 20.1. The first-order valence-corrected chi connectivity index (χ1v) is 8.83. The van der Waals surface area contributed by atoms with Crippen LogP contribution in [-0.4, -0.2) is 34.3 Å². The van der Waals surface area contributed by atoms with Crippen molar-refractivity contribution in [2.45, 2.75) is 23.6 Å². The molecule has 2 aromatic rings. The lowest BCUT2D eigenvalue weighted by Crippen LogP contribution is -2.46. The topological polar surface area (TPSA) is 63.6 Å². The summed E-state index contributed by atoms with van der Waals surface area (Å²) in [5.41, 5.74) is -2.91. The van der Waals surface area contributed by atoms with Gasteiger partial charge in [0.05, 0.1) is 29.2 Å². The molecule has 0 aliphatic heterocycles. The molecule has 2 unspecified atom stereocenters. The van der Waals surface area contributed by atoms with E-state index in [2.05, 4.69) is 4.74 Å². The molecule has 2 rings (SSSR count). The number of aryl methyl sites for hydroxylation is 1. The summed E-state index contributed by atoms with van der Waals surface area (Å²) in [6.07, 6.45) is -5.06. The van der Waals surface area contributed by atoms with Crippen molar-refractivity contribution in [3.8, 4) is 0 Å². The average Bonchev–Trinajstić information content (AvgIpc) is 2.60. The van der Waals surface area contributed by atoms with Gasteiger partial charge in [-0.05, 0) is 36.8 Å². The summed E-state index contributed by atoms with van der Waals surface area (Å²) in [5.74, 6) is -1.77. The van der Waals surface area contributed by atoms with E-state index in [1.54, 1.807) is 19.1 Å². The zero-order valence-electron chi connectivity index (χ0n) is 14.0. The number of hydrogen-bond acceptors (Lipinski definition) is 4. The molecule has 0 radical (unpaired) electrons. The van der Waals surface area contributed by atoms with Crippen LogP contribution in [0, 0.1) is 6.92 Å². The number of carbonyl (C=O) groups is 1. The van der Waals surface area contributed by atoms with E-state index in [4.69, 9.17) is 0 Å². The van der Waals surface area contributed by atoms with E-state index < -0.39 is 39.9 Å². The summed E-state index contributed by atoms with van der Waals surface area (Å²) in [6, 6.07) is 10.4. The number of esters is 1. The number of alkyl halides is 3. The van der Waals surface area contributed by atoms with Gasteiger partial charge in [-0.1, -0.05) is 29.8 Å². The summed E-state index contributed by atoms with van der Waals surface area (Å²) < 4.78 is 57.6. The third-order valence-corrected chi connectivity index (χ3v) is 5.35. The molecule has 140 valence electrons. The molecule has 1 N–H and O–H groups in total. The SMILES string of the molecule is COC(=O)c1ccc(C(O)(CS(=O)c2ccc(C)cc2)C(F)(F)F)cc1. The highest BCUT2D eigenvalue weighted by Crippen LogP contribution is 2.40. The Morgan fingerprint density at radius 1 is 1.08 bits per heavy atom. The molecule has 0 aromatic heterocycles. The van der Waals surface area contributed by atoms with Gasteiger partial charge in [-0.25, -0.2) is 4.79 Å². The predicted octanol–water partition coefficient (Wildman–Crippen LogP) is 3.34. The molecule has 0 fully saturated rings. The lowest BCUT2D eigenvalue weighted by molar-refractivity contribution is -0.256. The monoisotopic (exact) mass is 386 g/mol. The van der Waals surface area contributed by atoms with Crippen LogP contribution in [0.1, 0.15) is 21.5 Å². The molecule has 0 bridgehead atoms. The zero-order chi connectivity index (χ0) is 19.5. The molecule has 0 aliphatic rings. The second-order valence-electron chi connectivity index (χ2n) is 5.73. The van der Waals surface area contributed by atoms with Crippen LogP contribution in [0.2, 0.25) is 0 Å². The minimum Gasteiger partial charge on any atom is -0.465 e. The molecule has 8 heteroatoms. The molecule has 26 heavy (non-hydrogen) atoms. The standard InChI is InChI=1S/C18H17F3O4S/c1-12-3-9-15(10-4-12)26(24)11-17(23,18(19,20)21)14-7-5-13(6-8-14)16(22)25-2/h3-10,23H,11H2,1-2H3. The van der Waals surface area contributed by atoms with E-state index in [1.165, 1.54) is 12.1 Å². The van der Waals surface area contributed by atoms with Gasteiger partial charge in [-0.2, -0.15) is 13.2 Å². The largest absolute Gasteiger partial charge is 0.465 e. The van der Waals surface area contributed by atoms with Crippen LogP contribution < -0.4 is 0 Å². The number of aliphatic hydroxyl groups is 1. The van der Waals surface area contributed by atoms with Crippen molar-refractivity contribution in [1.29, 1.82) is 0 Å². The van der Waals surface area contributed by atoms with Crippen molar-refractivity contribution in [3.63, 3.8) is 0 Å². The quantitative estimate of drug-likeness (QED) is 0.801. The van der Waals surface area contributed by atoms with Gasteiger partial charge in [0.2, 0.25) is 0 Å². The third kappa shape index (κ3) is 4.13. The van der Waals surface area contributed by atoms with E-state index >= 15 is 0 Å². The van der Waals surface area contributed by atoms with E-state index in [-0.39, 0.29) is 10.5 Å². The summed E-state index contributed by atoms with van der Waals surface area (Å²) >= 11 is 0. The number of benzene rings is 2. The Bertz CT molecular complexity index is 801. The fraction of sp³-hybridized carbons (Fsp3) is 0.278. The Morgan fingerprint density at radius 2 is 1.62 bits per heavy atom. The van der Waals surface area contributed by atoms with E-state index in [9.17, 15) is 27.3 Å². The second-order valence-corrected chi connectivity index (χ2v) is 7.18. The fourth-order valence-electron chi connectivity index (χ4n) is 2.29. The molecule has 0 aliphatic carbocycles. The van der Waals surface area contributed by atoms with Crippen molar-refractivity contribution in [1.82, 2.24) is 0 Å². The number of ether oxygens (including phenoxy) is 1. The Kier molecular flexibility index (Phi) is 5.87. The molecule has 0 saturated carbocycles. The fourth-order valence-corrected chi connectivity index (χ4v) is 3.61. The van der Waals surface area contributed by atoms with Gasteiger partial charge in [0.15, 0.2) is 5.60 Å². The average molecular weight is 386 g/mol. The highest BCUT2D eigenvalue weighted by Gasteiger charge is 2.56. The van der Waals surface area contributed by atoms with Crippen molar-refractivity contribution in [2.75, 3.05) is 12.9 Å². The molecule has 0 saturated heterocycles. The van der Waals surface area contributed by atoms with Crippen LogP contribution in [0.3, 0.4) is 0 Å². The second kappa shape index (κ2) is 7.59. The van der Waals surface area contributed by atoms with Crippen LogP contribution in [0.5, 0.6) is 0 Å². The minimum atomic E-state index is -5.06. The number of methoxy groups -OCH3 is 1. The first-order valence-electron chi connectivity index (χ1n) is 7.51. The Hall–Kier alpha value is -2.19. The summed E-state index contributed by atoms with van der Waals surface area (Å²) in [5, 5.41) is 10.4. The van der Waals surface area contributed by atoms with Gasteiger partial charge < -0.3 is 9.84 Å². The highest BCUT2D eigenvalue weighted by atomic mass is 32.2. The Balaban J connectivity index is 2.37. The summed E-state index contributed by atoms with van der Waals surface area (Å²) in [7, 11) is -0.940. The first-order chi connectivity index (χ1) is 12.1. The molecule has 4 nitrogen and oxygen atoms in total. The van der Waals surface area contributed by atoms with Gasteiger partial charge in [-0.15, -0.1) is 0 Å². The van der Waals surface area contributed by atoms with Gasteiger partial charge in [0.1, 0.15) is 0 Å². The number of hydrogen-bond donors (Lipinski definition) is 1. The predicted molar refractivity (Wildman–Crippen MR) is 90.2 cm³/mol. The Labute approximate surface area is 151 Å². The molecule has 0 amide bonds. The molecular formula is C18H17F3O4S. The van der Waals surface area contributed by atoms with Crippen molar-refractivity contribution < 1.29 is 32.0 Å². The van der Waals surface area contributed by atoms with Crippen LogP contribution in [0.4, 0.5) is 13.2 Å². The molecule has 2 aromatic carbocycles. The van der Waals surface area contributed by atoms with Gasteiger partial charge in [0, 0.05) is 4.90 Å². The van der Waals surface area contributed by atoms with Crippen LogP contribution in [-0.2, 0) is 21.1 Å². The van der Waals surface area contributed by atoms with Crippen molar-refractivity contribution >= 4 is 16.8 Å². The molecule has 0 heterocycles. The van der Waals surface area contributed by atoms with Crippen molar-refractivity contribution in [2.24, 2.45) is 0 Å². The van der Waals surface area contributed by atoms with Gasteiger partial charge in [0.25, 0.3) is 0 Å². The molecular weight excluding hydrogens is 369 g/mol.